The predicted octanol–water partition coefficient (Wildman–Crippen LogP) is 10.6. The summed E-state index contributed by atoms with van der Waals surface area (Å²) in [7, 11) is 0. The highest BCUT2D eigenvalue weighted by molar-refractivity contribution is 5.69. The number of unbranched alkanes of at least 4 members (excludes halogenated alkanes) is 5. The van der Waals surface area contributed by atoms with E-state index in [1.807, 2.05) is 0 Å². The van der Waals surface area contributed by atoms with Crippen LogP contribution >= 0.6 is 0 Å². The van der Waals surface area contributed by atoms with Crippen LogP contribution in [0.15, 0.2) is 97.2 Å². The van der Waals surface area contributed by atoms with Crippen LogP contribution in [0.25, 0.3) is 0 Å². The van der Waals surface area contributed by atoms with Crippen LogP contribution < -0.4 is 0 Å². The zero-order chi connectivity index (χ0) is 31.3. The lowest BCUT2D eigenvalue weighted by Gasteiger charge is -2.15. The van der Waals surface area contributed by atoms with Crippen LogP contribution in [-0.2, 0) is 14.3 Å². The number of ether oxygens (including phenoxy) is 2. The van der Waals surface area contributed by atoms with Crippen LogP contribution in [0.4, 0.5) is 0 Å². The first-order valence-corrected chi connectivity index (χ1v) is 16.8. The summed E-state index contributed by atoms with van der Waals surface area (Å²) >= 11 is 0. The van der Waals surface area contributed by atoms with E-state index in [9.17, 15) is 9.90 Å². The molecule has 0 aromatic heterocycles. The lowest BCUT2D eigenvalue weighted by Crippen LogP contribution is -2.27. The highest BCUT2D eigenvalue weighted by atomic mass is 16.6. The van der Waals surface area contributed by atoms with E-state index in [-0.39, 0.29) is 19.2 Å². The minimum Gasteiger partial charge on any atom is -0.457 e. The number of hydrogen-bond acceptors (Lipinski definition) is 4. The quantitative estimate of drug-likeness (QED) is 0.0532. The smallest absolute Gasteiger partial charge is 0.306 e. The SMILES string of the molecule is CC/C=C\C/C=C\C/C=C\C/C=C\C/C=C\CCOCC(CO)OC(=O)CCCCCCC/C=C\C/C=C\C/C=C\CC. The van der Waals surface area contributed by atoms with Crippen molar-refractivity contribution in [3.63, 3.8) is 0 Å². The topological polar surface area (TPSA) is 55.8 Å². The molecular formula is C39H62O4. The summed E-state index contributed by atoms with van der Waals surface area (Å²) in [6.45, 7) is 4.86. The predicted molar refractivity (Wildman–Crippen MR) is 186 cm³/mol. The Morgan fingerprint density at radius 3 is 1.47 bits per heavy atom. The summed E-state index contributed by atoms with van der Waals surface area (Å²) in [5.41, 5.74) is 0. The van der Waals surface area contributed by atoms with Crippen molar-refractivity contribution in [1.82, 2.24) is 0 Å². The van der Waals surface area contributed by atoms with Crippen LogP contribution in [0.2, 0.25) is 0 Å². The first kappa shape index (κ1) is 40.3. The van der Waals surface area contributed by atoms with Crippen molar-refractivity contribution in [3.05, 3.63) is 97.2 Å². The number of carbonyl (C=O) groups excluding carboxylic acids is 1. The van der Waals surface area contributed by atoms with Gasteiger partial charge in [0.15, 0.2) is 0 Å². The van der Waals surface area contributed by atoms with E-state index in [2.05, 4.69) is 111 Å². The van der Waals surface area contributed by atoms with Gasteiger partial charge in [-0.2, -0.15) is 0 Å². The fraction of sp³-hybridized carbons (Fsp3) is 0.564. The van der Waals surface area contributed by atoms with Gasteiger partial charge in [0.25, 0.3) is 0 Å². The molecule has 1 atom stereocenters. The lowest BCUT2D eigenvalue weighted by molar-refractivity contribution is -0.154. The van der Waals surface area contributed by atoms with Crippen molar-refractivity contribution in [1.29, 1.82) is 0 Å². The molecule has 4 heteroatoms. The van der Waals surface area contributed by atoms with E-state index >= 15 is 0 Å². The van der Waals surface area contributed by atoms with Crippen molar-refractivity contribution < 1.29 is 19.4 Å². The summed E-state index contributed by atoms with van der Waals surface area (Å²) in [5.74, 6) is -0.248. The number of aliphatic hydroxyl groups excluding tert-OH is 1. The molecule has 1 N–H and O–H groups in total. The van der Waals surface area contributed by atoms with Gasteiger partial charge in [-0.05, 0) is 77.0 Å². The molecule has 0 spiro atoms. The average Bonchev–Trinajstić information content (AvgIpc) is 3.01. The molecule has 0 aromatic rings. The minimum absolute atomic E-state index is 0.216. The number of esters is 1. The molecule has 0 aromatic carbocycles. The van der Waals surface area contributed by atoms with E-state index in [1.165, 1.54) is 12.8 Å². The summed E-state index contributed by atoms with van der Waals surface area (Å²) in [6.07, 6.45) is 50.3. The number of hydrogen-bond donors (Lipinski definition) is 1. The molecule has 0 aliphatic heterocycles. The van der Waals surface area contributed by atoms with E-state index in [0.717, 1.165) is 83.5 Å². The molecule has 242 valence electrons. The molecule has 0 rings (SSSR count). The molecule has 1 unspecified atom stereocenters. The molecule has 0 radical (unpaired) electrons. The Balaban J connectivity index is 3.67. The molecule has 0 saturated carbocycles. The second-order valence-electron chi connectivity index (χ2n) is 10.5. The number of allylic oxidation sites excluding steroid dienone is 15. The van der Waals surface area contributed by atoms with Crippen LogP contribution in [0, 0.1) is 0 Å². The Morgan fingerprint density at radius 2 is 0.977 bits per heavy atom. The van der Waals surface area contributed by atoms with E-state index in [4.69, 9.17) is 9.47 Å². The second-order valence-corrected chi connectivity index (χ2v) is 10.5. The molecule has 0 bridgehead atoms. The van der Waals surface area contributed by atoms with Gasteiger partial charge in [-0.15, -0.1) is 0 Å². The largest absolute Gasteiger partial charge is 0.457 e. The van der Waals surface area contributed by atoms with Crippen LogP contribution in [0.3, 0.4) is 0 Å². The van der Waals surface area contributed by atoms with E-state index in [0.29, 0.717) is 13.0 Å². The third-order valence-electron chi connectivity index (χ3n) is 6.42. The fourth-order valence-corrected chi connectivity index (χ4v) is 3.99. The maximum absolute atomic E-state index is 12.1. The van der Waals surface area contributed by atoms with Gasteiger partial charge in [-0.3, -0.25) is 4.79 Å². The summed E-state index contributed by atoms with van der Waals surface area (Å²) in [5, 5.41) is 9.52. The van der Waals surface area contributed by atoms with Gasteiger partial charge >= 0.3 is 5.97 Å². The van der Waals surface area contributed by atoms with Crippen LogP contribution in [0.5, 0.6) is 0 Å². The monoisotopic (exact) mass is 594 g/mol. The summed E-state index contributed by atoms with van der Waals surface area (Å²) in [4.78, 5) is 12.1. The van der Waals surface area contributed by atoms with Crippen molar-refractivity contribution >= 4 is 5.97 Å². The Labute approximate surface area is 264 Å². The standard InChI is InChI=1S/C39H62O4/c1-3-5-7-9-11-13-15-17-19-21-23-25-27-29-31-33-35-42-37-38(36-40)43-39(41)34-32-30-28-26-24-22-20-18-16-14-12-10-8-6-4-2/h5-8,11-14,17-20,23,25,29,31,38,40H,3-4,9-10,15-16,21-22,24,26-28,30,32-37H2,1-2H3/b7-5-,8-6-,13-11-,14-12-,19-17-,20-18-,25-23-,31-29-. The molecule has 43 heavy (non-hydrogen) atoms. The zero-order valence-corrected chi connectivity index (χ0v) is 27.4. The van der Waals surface area contributed by atoms with Crippen molar-refractivity contribution in [2.75, 3.05) is 19.8 Å². The maximum atomic E-state index is 12.1. The molecule has 0 heterocycles. The first-order valence-electron chi connectivity index (χ1n) is 16.8. The molecule has 0 aliphatic carbocycles. The molecule has 0 saturated heterocycles. The van der Waals surface area contributed by atoms with Gasteiger partial charge in [0, 0.05) is 6.42 Å². The molecule has 4 nitrogen and oxygen atoms in total. The van der Waals surface area contributed by atoms with Gasteiger partial charge in [-0.25, -0.2) is 0 Å². The van der Waals surface area contributed by atoms with Crippen molar-refractivity contribution in [3.8, 4) is 0 Å². The Hall–Kier alpha value is -2.69. The number of carbonyl (C=O) groups is 1. The van der Waals surface area contributed by atoms with Gasteiger partial charge in [-0.1, -0.05) is 130 Å². The normalized spacial score (nSPS) is 13.7. The van der Waals surface area contributed by atoms with Crippen molar-refractivity contribution in [2.24, 2.45) is 0 Å². The second kappa shape index (κ2) is 35.5. The van der Waals surface area contributed by atoms with E-state index < -0.39 is 6.10 Å². The third-order valence-corrected chi connectivity index (χ3v) is 6.42. The molecule has 0 amide bonds. The van der Waals surface area contributed by atoms with Crippen LogP contribution in [0.1, 0.15) is 117 Å². The summed E-state index contributed by atoms with van der Waals surface area (Å²) in [6, 6.07) is 0. The summed E-state index contributed by atoms with van der Waals surface area (Å²) < 4.78 is 11.0. The number of rotatable bonds is 29. The van der Waals surface area contributed by atoms with Gasteiger partial charge in [0.2, 0.25) is 0 Å². The van der Waals surface area contributed by atoms with Gasteiger partial charge in [0.1, 0.15) is 6.10 Å². The lowest BCUT2D eigenvalue weighted by atomic mass is 10.1. The van der Waals surface area contributed by atoms with Crippen LogP contribution in [-0.4, -0.2) is 37.0 Å². The van der Waals surface area contributed by atoms with Gasteiger partial charge < -0.3 is 14.6 Å². The zero-order valence-electron chi connectivity index (χ0n) is 27.4. The Morgan fingerprint density at radius 1 is 0.558 bits per heavy atom. The van der Waals surface area contributed by atoms with Crippen molar-refractivity contribution in [2.45, 2.75) is 123 Å². The molecular weight excluding hydrogens is 532 g/mol. The number of aliphatic hydroxyl groups is 1. The first-order chi connectivity index (χ1) is 21.2. The molecule has 0 aliphatic rings. The van der Waals surface area contributed by atoms with Gasteiger partial charge in [0.05, 0.1) is 19.8 Å². The third kappa shape index (κ3) is 33.7. The fourth-order valence-electron chi connectivity index (χ4n) is 3.99. The highest BCUT2D eigenvalue weighted by Gasteiger charge is 2.13. The van der Waals surface area contributed by atoms with E-state index in [1.54, 1.807) is 0 Å². The minimum atomic E-state index is -0.588. The maximum Gasteiger partial charge on any atom is 0.306 e. The Kier molecular flexibility index (Phi) is 33.3. The Bertz CT molecular complexity index is 841. The average molecular weight is 595 g/mol. The molecule has 0 fully saturated rings. The highest BCUT2D eigenvalue weighted by Crippen LogP contribution is 2.09.